The number of methoxy groups -OCH3 is 1. The van der Waals surface area contributed by atoms with E-state index in [1.165, 1.54) is 20.0 Å². The predicted octanol–water partition coefficient (Wildman–Crippen LogP) is 4.66. The number of anilines is 1. The lowest BCUT2D eigenvalue weighted by molar-refractivity contribution is -0.141. The van der Waals surface area contributed by atoms with Crippen molar-refractivity contribution in [1.29, 1.82) is 0 Å². The number of aryl methyl sites for hydroxylation is 1. The average Bonchev–Trinajstić information content (AvgIpc) is 3.53. The lowest BCUT2D eigenvalue weighted by Gasteiger charge is -2.16. The summed E-state index contributed by atoms with van der Waals surface area (Å²) in [6.45, 7) is 5.92. The summed E-state index contributed by atoms with van der Waals surface area (Å²) in [5, 5.41) is 3.14. The Labute approximate surface area is 240 Å². The Morgan fingerprint density at radius 2 is 2.02 bits per heavy atom. The topological polar surface area (TPSA) is 99.2 Å². The minimum absolute atomic E-state index is 0.0107. The number of carbonyl (C=O) groups excluding carboxylic acids is 2. The van der Waals surface area contributed by atoms with Crippen LogP contribution in [-0.2, 0) is 23.8 Å². The van der Waals surface area contributed by atoms with Crippen molar-refractivity contribution >= 4 is 29.1 Å². The molecule has 5 rings (SSSR count). The second-order valence-corrected chi connectivity index (χ2v) is 10.0. The first-order valence-electron chi connectivity index (χ1n) is 13.9. The maximum absolute atomic E-state index is 13.5. The molecule has 0 unspecified atom stereocenters. The van der Waals surface area contributed by atoms with Gasteiger partial charge < -0.3 is 24.3 Å². The van der Waals surface area contributed by atoms with Gasteiger partial charge >= 0.3 is 5.97 Å². The Balaban J connectivity index is 1.36. The van der Waals surface area contributed by atoms with Gasteiger partial charge in [-0.05, 0) is 86.8 Å². The van der Waals surface area contributed by atoms with E-state index in [1.54, 1.807) is 12.3 Å². The molecule has 1 aromatic carbocycles. The van der Waals surface area contributed by atoms with Crippen LogP contribution in [0.25, 0.3) is 11.6 Å². The van der Waals surface area contributed by atoms with Gasteiger partial charge in [0.1, 0.15) is 19.0 Å². The summed E-state index contributed by atoms with van der Waals surface area (Å²) >= 11 is 0. The van der Waals surface area contributed by atoms with Crippen molar-refractivity contribution in [2.24, 2.45) is 0 Å². The number of benzene rings is 1. The van der Waals surface area contributed by atoms with Crippen molar-refractivity contribution in [3.63, 3.8) is 0 Å². The molecule has 9 heteroatoms. The van der Waals surface area contributed by atoms with E-state index in [-0.39, 0.29) is 30.4 Å². The molecule has 3 heterocycles. The minimum atomic E-state index is -0.781. The first-order valence-corrected chi connectivity index (χ1v) is 13.9. The van der Waals surface area contributed by atoms with Crippen molar-refractivity contribution in [3.8, 4) is 5.75 Å². The average molecular weight is 558 g/mol. The summed E-state index contributed by atoms with van der Waals surface area (Å²) in [7, 11) is 1.51. The van der Waals surface area contributed by atoms with Crippen LogP contribution in [-0.4, -0.2) is 68.2 Å². The van der Waals surface area contributed by atoms with E-state index in [0.717, 1.165) is 47.8 Å². The zero-order chi connectivity index (χ0) is 28.6. The Bertz CT molecular complexity index is 1420. The number of likely N-dealkylation sites (tertiary alicyclic amines) is 1. The van der Waals surface area contributed by atoms with E-state index < -0.39 is 11.8 Å². The van der Waals surface area contributed by atoms with Gasteiger partial charge in [-0.15, -0.1) is 0 Å². The van der Waals surface area contributed by atoms with Crippen molar-refractivity contribution in [1.82, 2.24) is 9.88 Å². The molecular formula is C32H35N3O6. The Morgan fingerprint density at radius 3 is 2.83 bits per heavy atom. The number of carbonyl (C=O) groups is 2. The molecule has 1 saturated heterocycles. The molecule has 1 fully saturated rings. The Kier molecular flexibility index (Phi) is 9.28. The summed E-state index contributed by atoms with van der Waals surface area (Å²) < 4.78 is 22.3. The molecule has 0 spiro atoms. The van der Waals surface area contributed by atoms with Crippen LogP contribution in [0.2, 0.25) is 0 Å². The van der Waals surface area contributed by atoms with Crippen molar-refractivity contribution in [3.05, 3.63) is 88.8 Å². The molecule has 9 nitrogen and oxygen atoms in total. The lowest BCUT2D eigenvalue weighted by Crippen LogP contribution is -2.25. The summed E-state index contributed by atoms with van der Waals surface area (Å²) in [6.07, 6.45) is 12.5. The summed E-state index contributed by atoms with van der Waals surface area (Å²) in [5.74, 6) is -0.540. The third-order valence-electron chi connectivity index (χ3n) is 7.12. The summed E-state index contributed by atoms with van der Waals surface area (Å²) in [4.78, 5) is 33.4. The Morgan fingerprint density at radius 1 is 1.17 bits per heavy atom. The lowest BCUT2D eigenvalue weighted by atomic mass is 10.0. The number of nitrogens with zero attached hydrogens (tertiary/aromatic N) is 2. The fourth-order valence-electron chi connectivity index (χ4n) is 4.94. The molecule has 0 saturated carbocycles. The van der Waals surface area contributed by atoms with Gasteiger partial charge in [0, 0.05) is 31.1 Å². The van der Waals surface area contributed by atoms with Crippen LogP contribution in [0.3, 0.4) is 0 Å². The molecular weight excluding hydrogens is 522 g/mol. The molecule has 1 aromatic heterocycles. The molecule has 1 N–H and O–H groups in total. The first-order chi connectivity index (χ1) is 20.0. The highest BCUT2D eigenvalue weighted by atomic mass is 16.6. The second-order valence-electron chi connectivity index (χ2n) is 10.0. The van der Waals surface area contributed by atoms with Gasteiger partial charge in [-0.1, -0.05) is 18.2 Å². The van der Waals surface area contributed by atoms with Crippen LogP contribution in [0, 0.1) is 6.92 Å². The number of allylic oxidation sites excluding steroid dienone is 5. The molecule has 2 aliphatic heterocycles. The maximum atomic E-state index is 13.5. The number of rotatable bonds is 11. The largest absolute Gasteiger partial charge is 0.492 e. The number of aromatic nitrogens is 1. The quantitative estimate of drug-likeness (QED) is 0.183. The summed E-state index contributed by atoms with van der Waals surface area (Å²) in [6, 6.07) is 9.40. The van der Waals surface area contributed by atoms with Gasteiger partial charge in [0.25, 0.3) is 0 Å². The number of fused-ring (bicyclic) bond motifs is 1. The molecule has 1 aliphatic carbocycles. The third kappa shape index (κ3) is 6.93. The van der Waals surface area contributed by atoms with Gasteiger partial charge in [-0.25, -0.2) is 4.79 Å². The van der Waals surface area contributed by atoms with Crippen LogP contribution in [0.15, 0.2) is 72.0 Å². The third-order valence-corrected chi connectivity index (χ3v) is 7.12. The highest BCUT2D eigenvalue weighted by Crippen LogP contribution is 2.33. The first kappa shape index (κ1) is 28.3. The molecule has 41 heavy (non-hydrogen) atoms. The Hall–Kier alpha value is -4.21. The number of ketones is 1. The molecule has 0 radical (unpaired) electrons. The second kappa shape index (κ2) is 13.4. The molecule has 0 atom stereocenters. The van der Waals surface area contributed by atoms with Crippen LogP contribution in [0.4, 0.5) is 5.69 Å². The van der Waals surface area contributed by atoms with Crippen LogP contribution in [0.5, 0.6) is 5.75 Å². The number of esters is 1. The minimum Gasteiger partial charge on any atom is -0.492 e. The van der Waals surface area contributed by atoms with Gasteiger partial charge in [-0.2, -0.15) is 0 Å². The predicted molar refractivity (Wildman–Crippen MR) is 156 cm³/mol. The van der Waals surface area contributed by atoms with Gasteiger partial charge in [0.05, 0.1) is 12.3 Å². The highest BCUT2D eigenvalue weighted by molar-refractivity contribution is 6.26. The fourth-order valence-corrected chi connectivity index (χ4v) is 4.94. The molecule has 3 aliphatic rings. The number of hydrogen-bond acceptors (Lipinski definition) is 9. The number of Topliss-reactive ketones (excluding diaryl/α,β-unsaturated/α-hetero) is 1. The monoisotopic (exact) mass is 557 g/mol. The number of pyridine rings is 1. The van der Waals surface area contributed by atoms with E-state index in [2.05, 4.69) is 15.2 Å². The van der Waals surface area contributed by atoms with Crippen LogP contribution >= 0.6 is 0 Å². The standard InChI is InChI=1S/C32H35N3O6/c1-22-20-24(39-17-16-35-14-5-6-15-35)11-12-26(22)34-31-29(32(37)40-19-18-38-2)30(36)28(41-31)21-23-8-3-4-10-27-25(23)9-7-13-33-27/h4,7-13,20-21,34H,3,5-6,14-19H2,1-2H3/b28-21-. The van der Waals surface area contributed by atoms with Gasteiger partial charge in [0.2, 0.25) is 11.7 Å². The molecule has 214 valence electrons. The summed E-state index contributed by atoms with van der Waals surface area (Å²) in [5.41, 5.74) is 3.79. The molecule has 2 aromatic rings. The highest BCUT2D eigenvalue weighted by Gasteiger charge is 2.37. The van der Waals surface area contributed by atoms with Crippen molar-refractivity contribution in [2.75, 3.05) is 51.9 Å². The van der Waals surface area contributed by atoms with Crippen molar-refractivity contribution in [2.45, 2.75) is 26.2 Å². The number of ether oxygens (including phenoxy) is 4. The van der Waals surface area contributed by atoms with E-state index in [4.69, 9.17) is 18.9 Å². The maximum Gasteiger partial charge on any atom is 0.347 e. The van der Waals surface area contributed by atoms with E-state index >= 15 is 0 Å². The SMILES string of the molecule is COCCOC(=O)C1=C(Nc2ccc(OCCN3CCCC3)cc2C)O/C(=C\C2=CCC=Cc3ncccc32)C1=O. The van der Waals surface area contributed by atoms with Gasteiger partial charge in [-0.3, -0.25) is 14.7 Å². The van der Waals surface area contributed by atoms with E-state index in [0.29, 0.717) is 18.7 Å². The molecule has 0 amide bonds. The number of nitrogens with one attached hydrogen (secondary N) is 1. The number of hydrogen-bond donors (Lipinski definition) is 1. The van der Waals surface area contributed by atoms with Crippen LogP contribution in [0.1, 0.15) is 36.1 Å². The molecule has 0 bridgehead atoms. The smallest absolute Gasteiger partial charge is 0.347 e. The zero-order valence-corrected chi connectivity index (χ0v) is 23.5. The van der Waals surface area contributed by atoms with Crippen molar-refractivity contribution < 1.29 is 28.5 Å². The zero-order valence-electron chi connectivity index (χ0n) is 23.5. The fraction of sp³-hybridized carbons (Fsp3) is 0.344. The van der Waals surface area contributed by atoms with Gasteiger partial charge in [0.15, 0.2) is 11.3 Å². The van der Waals surface area contributed by atoms with E-state index in [1.807, 2.05) is 55.5 Å². The normalized spacial score (nSPS) is 17.8. The van der Waals surface area contributed by atoms with E-state index in [9.17, 15) is 9.59 Å². The van der Waals surface area contributed by atoms with Crippen LogP contribution < -0.4 is 10.1 Å².